The van der Waals surface area contributed by atoms with E-state index in [0.717, 1.165) is 12.8 Å². The minimum Gasteiger partial charge on any atom is -0.302 e. The van der Waals surface area contributed by atoms with Gasteiger partial charge in [-0.25, -0.2) is 0 Å². The molecule has 1 aromatic heterocycles. The first-order valence-corrected chi connectivity index (χ1v) is 7.15. The lowest BCUT2D eigenvalue weighted by molar-refractivity contribution is -0.385. The van der Waals surface area contributed by atoms with Crippen LogP contribution in [0.4, 0.5) is 5.69 Å². The zero-order valence-corrected chi connectivity index (χ0v) is 12.2. The molecule has 0 saturated heterocycles. The normalized spacial score (nSPS) is 11.8. The third-order valence-corrected chi connectivity index (χ3v) is 3.57. The molecule has 0 amide bonds. The van der Waals surface area contributed by atoms with Gasteiger partial charge in [0, 0.05) is 12.1 Å². The zero-order chi connectivity index (χ0) is 15.9. The number of rotatable bonds is 7. The standard InChI is InChI=1S/C17H18N2O3/c1-2-15(10-6-9-14-7-4-3-5-8-14)18-13-16(19(21)22)11-12-17(18)20/h2-5,7-8,11-13,15H,1,6,9-10H2. The minimum absolute atomic E-state index is 0.0884. The predicted molar refractivity (Wildman–Crippen MR) is 86.0 cm³/mol. The van der Waals surface area contributed by atoms with Gasteiger partial charge in [-0.3, -0.25) is 14.9 Å². The Morgan fingerprint density at radius 2 is 1.95 bits per heavy atom. The molecular weight excluding hydrogens is 280 g/mol. The van der Waals surface area contributed by atoms with E-state index in [0.29, 0.717) is 6.42 Å². The maximum absolute atomic E-state index is 11.9. The molecule has 1 unspecified atom stereocenters. The van der Waals surface area contributed by atoms with E-state index in [1.165, 1.54) is 28.5 Å². The van der Waals surface area contributed by atoms with E-state index in [2.05, 4.69) is 18.7 Å². The highest BCUT2D eigenvalue weighted by Crippen LogP contribution is 2.18. The lowest BCUT2D eigenvalue weighted by Gasteiger charge is -2.15. The molecule has 0 N–H and O–H groups in total. The Bertz CT molecular complexity index is 707. The number of aromatic nitrogens is 1. The lowest BCUT2D eigenvalue weighted by atomic mass is 10.0. The molecule has 0 bridgehead atoms. The summed E-state index contributed by atoms with van der Waals surface area (Å²) in [6, 6.07) is 12.3. The molecule has 1 heterocycles. The highest BCUT2D eigenvalue weighted by molar-refractivity contribution is 5.25. The molecule has 5 heteroatoms. The van der Waals surface area contributed by atoms with Gasteiger partial charge in [0.2, 0.25) is 0 Å². The molecule has 0 radical (unpaired) electrons. The van der Waals surface area contributed by atoms with Gasteiger partial charge in [-0.1, -0.05) is 36.4 Å². The van der Waals surface area contributed by atoms with Crippen LogP contribution in [-0.2, 0) is 6.42 Å². The van der Waals surface area contributed by atoms with Crippen molar-refractivity contribution in [1.82, 2.24) is 4.57 Å². The molecule has 0 aliphatic heterocycles. The van der Waals surface area contributed by atoms with Crippen molar-refractivity contribution in [2.75, 3.05) is 0 Å². The summed E-state index contributed by atoms with van der Waals surface area (Å²) in [4.78, 5) is 22.3. The summed E-state index contributed by atoms with van der Waals surface area (Å²) in [6.07, 6.45) is 5.43. The summed E-state index contributed by atoms with van der Waals surface area (Å²) in [7, 11) is 0. The second-order valence-electron chi connectivity index (χ2n) is 5.07. The van der Waals surface area contributed by atoms with Crippen molar-refractivity contribution < 1.29 is 4.92 Å². The van der Waals surface area contributed by atoms with Gasteiger partial charge < -0.3 is 4.57 Å². The van der Waals surface area contributed by atoms with E-state index in [9.17, 15) is 14.9 Å². The Kier molecular flexibility index (Phi) is 5.25. The summed E-state index contributed by atoms with van der Waals surface area (Å²) in [5.41, 5.74) is 0.890. The largest absolute Gasteiger partial charge is 0.302 e. The summed E-state index contributed by atoms with van der Waals surface area (Å²) in [6.45, 7) is 3.75. The zero-order valence-electron chi connectivity index (χ0n) is 12.2. The monoisotopic (exact) mass is 298 g/mol. The van der Waals surface area contributed by atoms with Crippen molar-refractivity contribution in [3.05, 3.63) is 87.3 Å². The minimum atomic E-state index is -0.500. The summed E-state index contributed by atoms with van der Waals surface area (Å²) < 4.78 is 1.39. The number of pyridine rings is 1. The number of allylic oxidation sites excluding steroid dienone is 1. The van der Waals surface area contributed by atoms with Gasteiger partial charge in [-0.15, -0.1) is 6.58 Å². The average Bonchev–Trinajstić information content (AvgIpc) is 2.53. The Morgan fingerprint density at radius 1 is 1.23 bits per heavy atom. The van der Waals surface area contributed by atoms with Crippen molar-refractivity contribution in [3.8, 4) is 0 Å². The Morgan fingerprint density at radius 3 is 2.59 bits per heavy atom. The van der Waals surface area contributed by atoms with Gasteiger partial charge in [-0.05, 0) is 24.8 Å². The van der Waals surface area contributed by atoms with Crippen LogP contribution in [0.1, 0.15) is 24.4 Å². The summed E-state index contributed by atoms with van der Waals surface area (Å²) >= 11 is 0. The van der Waals surface area contributed by atoms with Gasteiger partial charge in [0.05, 0.1) is 17.2 Å². The van der Waals surface area contributed by atoms with Crippen LogP contribution in [0.5, 0.6) is 0 Å². The van der Waals surface area contributed by atoms with E-state index in [1.807, 2.05) is 18.2 Å². The average molecular weight is 298 g/mol. The molecule has 22 heavy (non-hydrogen) atoms. The van der Waals surface area contributed by atoms with E-state index >= 15 is 0 Å². The maximum atomic E-state index is 11.9. The number of nitrogens with zero attached hydrogens (tertiary/aromatic N) is 2. The third-order valence-electron chi connectivity index (χ3n) is 3.57. The van der Waals surface area contributed by atoms with Gasteiger partial charge in [-0.2, -0.15) is 0 Å². The van der Waals surface area contributed by atoms with Crippen LogP contribution < -0.4 is 5.56 Å². The third kappa shape index (κ3) is 3.91. The fourth-order valence-corrected chi connectivity index (χ4v) is 2.39. The molecule has 0 fully saturated rings. The molecule has 0 aliphatic carbocycles. The maximum Gasteiger partial charge on any atom is 0.285 e. The molecule has 5 nitrogen and oxygen atoms in total. The van der Waals surface area contributed by atoms with Crippen LogP contribution in [0.25, 0.3) is 0 Å². The lowest BCUT2D eigenvalue weighted by Crippen LogP contribution is -2.22. The van der Waals surface area contributed by atoms with E-state index in [4.69, 9.17) is 0 Å². The number of aryl methyl sites for hydroxylation is 1. The molecule has 1 atom stereocenters. The Hall–Kier alpha value is -2.69. The first-order valence-electron chi connectivity index (χ1n) is 7.15. The summed E-state index contributed by atoms with van der Waals surface area (Å²) in [5.74, 6) is 0. The van der Waals surface area contributed by atoms with Crippen molar-refractivity contribution in [2.45, 2.75) is 25.3 Å². The first kappa shape index (κ1) is 15.7. The van der Waals surface area contributed by atoms with Crippen LogP contribution in [0.2, 0.25) is 0 Å². The number of nitro groups is 1. The van der Waals surface area contributed by atoms with Crippen molar-refractivity contribution in [2.24, 2.45) is 0 Å². The fraction of sp³-hybridized carbons (Fsp3) is 0.235. The van der Waals surface area contributed by atoms with Crippen molar-refractivity contribution in [3.63, 3.8) is 0 Å². The molecule has 0 saturated carbocycles. The highest BCUT2D eigenvalue weighted by Gasteiger charge is 2.13. The van der Waals surface area contributed by atoms with Gasteiger partial charge in [0.1, 0.15) is 0 Å². The second kappa shape index (κ2) is 7.36. The Balaban J connectivity index is 2.08. The molecule has 1 aromatic carbocycles. The van der Waals surface area contributed by atoms with E-state index in [1.54, 1.807) is 6.08 Å². The van der Waals surface area contributed by atoms with Crippen LogP contribution in [0.15, 0.2) is 66.1 Å². The van der Waals surface area contributed by atoms with Crippen molar-refractivity contribution in [1.29, 1.82) is 0 Å². The van der Waals surface area contributed by atoms with Gasteiger partial charge in [0.15, 0.2) is 0 Å². The quantitative estimate of drug-likeness (QED) is 0.446. The predicted octanol–water partition coefficient (Wildman–Crippen LogP) is 3.51. The van der Waals surface area contributed by atoms with Crippen molar-refractivity contribution >= 4 is 5.69 Å². The first-order chi connectivity index (χ1) is 10.6. The molecule has 2 aromatic rings. The fourth-order valence-electron chi connectivity index (χ4n) is 2.39. The SMILES string of the molecule is C=CC(CCCc1ccccc1)n1cc([N+](=O)[O-])ccc1=O. The summed E-state index contributed by atoms with van der Waals surface area (Å²) in [5, 5.41) is 10.8. The van der Waals surface area contributed by atoms with E-state index < -0.39 is 4.92 Å². The Labute approximate surface area is 128 Å². The van der Waals surface area contributed by atoms with Crippen LogP contribution >= 0.6 is 0 Å². The number of hydrogen-bond donors (Lipinski definition) is 0. The molecule has 0 spiro atoms. The highest BCUT2D eigenvalue weighted by atomic mass is 16.6. The second-order valence-corrected chi connectivity index (χ2v) is 5.07. The topological polar surface area (TPSA) is 65.1 Å². The van der Waals surface area contributed by atoms with Gasteiger partial charge >= 0.3 is 0 Å². The van der Waals surface area contributed by atoms with Crippen LogP contribution in [0, 0.1) is 10.1 Å². The van der Waals surface area contributed by atoms with Crippen LogP contribution in [0.3, 0.4) is 0 Å². The smallest absolute Gasteiger partial charge is 0.285 e. The molecule has 2 rings (SSSR count). The van der Waals surface area contributed by atoms with Crippen LogP contribution in [-0.4, -0.2) is 9.49 Å². The molecule has 0 aliphatic rings. The number of hydrogen-bond acceptors (Lipinski definition) is 3. The molecule has 114 valence electrons. The molecular formula is C17H18N2O3. The van der Waals surface area contributed by atoms with E-state index in [-0.39, 0.29) is 17.3 Å². The number of benzene rings is 1. The van der Waals surface area contributed by atoms with Gasteiger partial charge in [0.25, 0.3) is 11.2 Å².